The summed E-state index contributed by atoms with van der Waals surface area (Å²) in [6.45, 7) is 0.108. The number of alkyl carbamates (subject to hydrolysis) is 1. The molecule has 3 N–H and O–H groups in total. The predicted octanol–water partition coefficient (Wildman–Crippen LogP) is 4.22. The normalized spacial score (nSPS) is 28.6. The summed E-state index contributed by atoms with van der Waals surface area (Å²) in [6, 6.07) is 3.08. The topological polar surface area (TPSA) is 118 Å². The van der Waals surface area contributed by atoms with Crippen LogP contribution in [0.15, 0.2) is 18.3 Å². The Morgan fingerprint density at radius 1 is 1.27 bits per heavy atom. The summed E-state index contributed by atoms with van der Waals surface area (Å²) in [4.78, 5) is 16.0. The van der Waals surface area contributed by atoms with Crippen LogP contribution in [0, 0.1) is 5.92 Å². The zero-order valence-corrected chi connectivity index (χ0v) is 19.8. The number of methoxy groups -OCH3 is 1. The van der Waals surface area contributed by atoms with Crippen LogP contribution in [0.4, 0.5) is 34.0 Å². The molecule has 4 saturated carbocycles. The van der Waals surface area contributed by atoms with E-state index in [4.69, 9.17) is 9.47 Å². The van der Waals surface area contributed by atoms with Gasteiger partial charge in [0.1, 0.15) is 17.8 Å². The van der Waals surface area contributed by atoms with Gasteiger partial charge in [-0.3, -0.25) is 5.10 Å². The number of H-pyrrole nitrogens is 1. The van der Waals surface area contributed by atoms with E-state index in [-0.39, 0.29) is 29.3 Å². The molecule has 14 heteroatoms. The van der Waals surface area contributed by atoms with Crippen LogP contribution in [-0.2, 0) is 22.3 Å². The molecule has 1 amide bonds. The fourth-order valence-corrected chi connectivity index (χ4v) is 5.59. The molecule has 4 fully saturated rings. The van der Waals surface area contributed by atoms with E-state index in [1.54, 1.807) is 6.07 Å². The highest BCUT2D eigenvalue weighted by atomic mass is 19.4. The van der Waals surface area contributed by atoms with Gasteiger partial charge in [0.25, 0.3) is 0 Å². The Morgan fingerprint density at radius 2 is 2.05 bits per heavy atom. The number of aromatic nitrogens is 5. The molecule has 0 unspecified atom stereocenters. The minimum atomic E-state index is -4.69. The van der Waals surface area contributed by atoms with Gasteiger partial charge in [-0.2, -0.15) is 23.4 Å². The van der Waals surface area contributed by atoms with Crippen LogP contribution in [0.3, 0.4) is 0 Å². The quantitative estimate of drug-likeness (QED) is 0.397. The van der Waals surface area contributed by atoms with Crippen molar-refractivity contribution in [2.45, 2.75) is 68.6 Å². The molecule has 0 saturated heterocycles. The molecule has 10 nitrogen and oxygen atoms in total. The van der Waals surface area contributed by atoms with E-state index in [0.29, 0.717) is 30.1 Å². The number of carbonyl (C=O) groups excluding carboxylic acids is 1. The largest absolute Gasteiger partial charge is 0.443 e. The van der Waals surface area contributed by atoms with Gasteiger partial charge in [-0.05, 0) is 44.1 Å². The molecule has 7 rings (SSSR count). The van der Waals surface area contributed by atoms with E-state index in [0.717, 1.165) is 30.0 Å². The van der Waals surface area contributed by atoms with Crippen molar-refractivity contribution in [2.24, 2.45) is 5.92 Å². The minimum absolute atomic E-state index is 0.108. The van der Waals surface area contributed by atoms with Crippen LogP contribution in [0.2, 0.25) is 0 Å². The lowest BCUT2D eigenvalue weighted by molar-refractivity contribution is -0.141. The maximum absolute atomic E-state index is 15.2. The molecule has 0 radical (unpaired) electrons. The van der Waals surface area contributed by atoms with Gasteiger partial charge in [-0.25, -0.2) is 18.7 Å². The van der Waals surface area contributed by atoms with E-state index in [1.165, 1.54) is 13.2 Å². The van der Waals surface area contributed by atoms with Crippen LogP contribution >= 0.6 is 0 Å². The van der Waals surface area contributed by atoms with Gasteiger partial charge in [-0.1, -0.05) is 0 Å². The number of hydrogen-bond acceptors (Lipinski definition) is 7. The summed E-state index contributed by atoms with van der Waals surface area (Å²) in [5.74, 6) is 0.138. The fraction of sp³-hybridized carbons (Fsp3) is 0.565. The molecule has 3 atom stereocenters. The number of hydrogen-bond donors (Lipinski definition) is 3. The Bertz CT molecular complexity index is 1320. The summed E-state index contributed by atoms with van der Waals surface area (Å²) in [6.07, 6.45) is -3.18. The van der Waals surface area contributed by atoms with Crippen LogP contribution < -0.4 is 10.6 Å². The second kappa shape index (κ2) is 8.57. The first-order valence-electron chi connectivity index (χ1n) is 12.0. The molecule has 2 bridgehead atoms. The molecule has 4 aliphatic carbocycles. The lowest BCUT2D eigenvalue weighted by atomic mass is 9.50. The minimum Gasteiger partial charge on any atom is -0.443 e. The molecule has 3 aromatic heterocycles. The molecule has 3 aromatic rings. The zero-order valence-electron chi connectivity index (χ0n) is 19.8. The summed E-state index contributed by atoms with van der Waals surface area (Å²) >= 11 is 0. The first-order valence-corrected chi connectivity index (χ1v) is 12.0. The Kier molecular flexibility index (Phi) is 5.55. The third-order valence-corrected chi connectivity index (χ3v) is 7.50. The number of alkyl halides is 4. The third kappa shape index (κ3) is 4.36. The highest BCUT2D eigenvalue weighted by Gasteiger charge is 2.58. The number of nitrogens with zero attached hydrogens (tertiary/aromatic N) is 4. The van der Waals surface area contributed by atoms with Gasteiger partial charge >= 0.3 is 12.3 Å². The van der Waals surface area contributed by atoms with E-state index >= 15 is 4.39 Å². The second-order valence-electron chi connectivity index (χ2n) is 10.2. The number of nitrogens with one attached hydrogen (secondary N) is 3. The van der Waals surface area contributed by atoms with E-state index in [2.05, 4.69) is 30.9 Å². The molecule has 0 aromatic carbocycles. The highest BCUT2D eigenvalue weighted by molar-refractivity contribution is 5.73. The SMILES string of the molecule is COCc1cc2c(Nc3cc([C@@H]4CC[C@H](OC(=O)NC56CC(C5)C6)[C@@H]4F)[nH]n3)nc(C(F)(F)F)cn2n1. The third-order valence-electron chi connectivity index (χ3n) is 7.50. The Balaban J connectivity index is 1.16. The van der Waals surface area contributed by atoms with Crippen LogP contribution in [0.1, 0.15) is 55.1 Å². The van der Waals surface area contributed by atoms with Crippen molar-refractivity contribution in [1.82, 2.24) is 30.1 Å². The first kappa shape index (κ1) is 23.9. The van der Waals surface area contributed by atoms with Gasteiger partial charge < -0.3 is 20.1 Å². The van der Waals surface area contributed by atoms with Gasteiger partial charge in [0.05, 0.1) is 18.5 Å². The number of anilines is 2. The van der Waals surface area contributed by atoms with Crippen molar-refractivity contribution in [2.75, 3.05) is 12.4 Å². The van der Waals surface area contributed by atoms with E-state index < -0.39 is 36.2 Å². The lowest BCUT2D eigenvalue weighted by Crippen LogP contribution is -2.68. The van der Waals surface area contributed by atoms with Crippen LogP contribution in [0.25, 0.3) is 5.52 Å². The van der Waals surface area contributed by atoms with Crippen molar-refractivity contribution < 1.29 is 31.8 Å². The van der Waals surface area contributed by atoms with Crippen molar-refractivity contribution >= 4 is 23.2 Å². The monoisotopic (exact) mass is 523 g/mol. The predicted molar refractivity (Wildman–Crippen MR) is 121 cm³/mol. The second-order valence-corrected chi connectivity index (χ2v) is 10.2. The number of amides is 1. The standard InChI is InChI=1S/C23H25F4N7O3/c1-36-10-12-4-15-20(28-17(23(25,26)27)9-34(15)33-12)29-18-5-14(31-32-18)13-2-3-16(19(13)24)37-21(35)30-22-6-11(7-22)8-22/h4-5,9,11,13,16,19H,2-3,6-8,10H2,1H3,(H,30,35)(H2,28,29,31,32)/t11?,13-,16-,19+,22?/m0/s1. The Morgan fingerprint density at radius 3 is 2.73 bits per heavy atom. The van der Waals surface area contributed by atoms with Gasteiger partial charge in [-0.15, -0.1) is 0 Å². The number of ether oxygens (including phenoxy) is 2. The summed E-state index contributed by atoms with van der Waals surface area (Å²) < 4.78 is 67.0. The maximum Gasteiger partial charge on any atom is 0.434 e. The van der Waals surface area contributed by atoms with Gasteiger partial charge in [0.15, 0.2) is 17.3 Å². The van der Waals surface area contributed by atoms with Crippen LogP contribution in [-0.4, -0.2) is 55.8 Å². The number of aromatic amines is 1. The van der Waals surface area contributed by atoms with Crippen molar-refractivity contribution in [3.05, 3.63) is 35.4 Å². The van der Waals surface area contributed by atoms with Gasteiger partial charge in [0.2, 0.25) is 0 Å². The molecule has 0 spiro atoms. The molecule has 3 heterocycles. The van der Waals surface area contributed by atoms with E-state index in [1.807, 2.05) is 0 Å². The lowest BCUT2D eigenvalue weighted by Gasteiger charge is -2.61. The van der Waals surface area contributed by atoms with Crippen molar-refractivity contribution in [3.63, 3.8) is 0 Å². The molecular weight excluding hydrogens is 498 g/mol. The molecular formula is C23H25F4N7O3. The highest BCUT2D eigenvalue weighted by Crippen LogP contribution is 2.57. The molecule has 198 valence electrons. The van der Waals surface area contributed by atoms with Crippen molar-refractivity contribution in [1.29, 1.82) is 0 Å². The zero-order chi connectivity index (χ0) is 25.9. The summed E-state index contributed by atoms with van der Waals surface area (Å²) in [5, 5.41) is 16.6. The molecule has 37 heavy (non-hydrogen) atoms. The summed E-state index contributed by atoms with van der Waals surface area (Å²) in [7, 11) is 1.45. The Hall–Kier alpha value is -3.42. The van der Waals surface area contributed by atoms with Crippen molar-refractivity contribution in [3.8, 4) is 0 Å². The molecule has 0 aliphatic heterocycles. The Labute approximate surface area is 208 Å². The number of rotatable bonds is 7. The summed E-state index contributed by atoms with van der Waals surface area (Å²) in [5.41, 5.74) is -0.139. The number of carbonyl (C=O) groups is 1. The van der Waals surface area contributed by atoms with E-state index in [9.17, 15) is 18.0 Å². The first-order chi connectivity index (χ1) is 17.6. The fourth-order valence-electron chi connectivity index (χ4n) is 5.59. The van der Waals surface area contributed by atoms with Crippen LogP contribution in [0.5, 0.6) is 0 Å². The number of halogens is 4. The average Bonchev–Trinajstić information content (AvgIpc) is 3.49. The molecule has 4 aliphatic rings. The average molecular weight is 523 g/mol. The van der Waals surface area contributed by atoms with Gasteiger partial charge in [0, 0.05) is 30.3 Å². The smallest absolute Gasteiger partial charge is 0.434 e. The number of fused-ring (bicyclic) bond motifs is 1. The maximum atomic E-state index is 15.2.